The number of hydrogen-bond acceptors (Lipinski definition) is 5. The van der Waals surface area contributed by atoms with Gasteiger partial charge in [-0.05, 0) is 19.1 Å². The Balaban J connectivity index is 1.79. The van der Waals surface area contributed by atoms with E-state index in [9.17, 15) is 9.90 Å². The van der Waals surface area contributed by atoms with Crippen LogP contribution in [0.25, 0.3) is 10.9 Å². The van der Waals surface area contributed by atoms with Crippen LogP contribution in [0.1, 0.15) is 5.82 Å². The molecule has 0 radical (unpaired) electrons. The SMILES string of the molecule is Cc1nc2ccccc2c(=O)n1CC(O)CN1CCOCC1. The molecule has 2 heterocycles. The number of nitrogens with zero attached hydrogens (tertiary/aromatic N) is 3. The molecular formula is C16H21N3O3. The second-order valence-corrected chi connectivity index (χ2v) is 5.66. The van der Waals surface area contributed by atoms with Crippen molar-refractivity contribution in [2.75, 3.05) is 32.8 Å². The number of ether oxygens (including phenoxy) is 1. The van der Waals surface area contributed by atoms with E-state index < -0.39 is 6.10 Å². The van der Waals surface area contributed by atoms with Gasteiger partial charge in [0.2, 0.25) is 0 Å². The average Bonchev–Trinajstić information content (AvgIpc) is 2.52. The Morgan fingerprint density at radius 1 is 1.27 bits per heavy atom. The van der Waals surface area contributed by atoms with Crippen molar-refractivity contribution in [1.29, 1.82) is 0 Å². The number of benzene rings is 1. The summed E-state index contributed by atoms with van der Waals surface area (Å²) in [5.74, 6) is 0.629. The van der Waals surface area contributed by atoms with Gasteiger partial charge in [0.25, 0.3) is 5.56 Å². The fourth-order valence-electron chi connectivity index (χ4n) is 2.84. The third-order valence-corrected chi connectivity index (χ3v) is 4.02. The van der Waals surface area contributed by atoms with Gasteiger partial charge < -0.3 is 9.84 Å². The zero-order valence-electron chi connectivity index (χ0n) is 12.7. The third-order valence-electron chi connectivity index (χ3n) is 4.02. The lowest BCUT2D eigenvalue weighted by Gasteiger charge is -2.28. The Bertz CT molecular complexity index is 707. The summed E-state index contributed by atoms with van der Waals surface area (Å²) in [6.45, 7) is 5.64. The van der Waals surface area contributed by atoms with Crippen molar-refractivity contribution >= 4 is 10.9 Å². The minimum absolute atomic E-state index is 0.0934. The standard InChI is InChI=1S/C16H21N3O3/c1-12-17-15-5-3-2-4-14(15)16(21)19(12)11-13(20)10-18-6-8-22-9-7-18/h2-5,13,20H,6-11H2,1H3. The highest BCUT2D eigenvalue weighted by Gasteiger charge is 2.17. The predicted octanol–water partition coefficient (Wildman–Crippen LogP) is 0.398. The monoisotopic (exact) mass is 303 g/mol. The topological polar surface area (TPSA) is 67.6 Å². The van der Waals surface area contributed by atoms with E-state index in [0.717, 1.165) is 13.1 Å². The Labute approximate surface area is 129 Å². The molecule has 6 heteroatoms. The van der Waals surface area contributed by atoms with Crippen LogP contribution in [0.2, 0.25) is 0 Å². The molecular weight excluding hydrogens is 282 g/mol. The first-order chi connectivity index (χ1) is 10.6. The maximum atomic E-state index is 12.6. The van der Waals surface area contributed by atoms with Gasteiger partial charge in [-0.15, -0.1) is 0 Å². The van der Waals surface area contributed by atoms with Crippen molar-refractivity contribution in [3.63, 3.8) is 0 Å². The number of rotatable bonds is 4. The lowest BCUT2D eigenvalue weighted by atomic mass is 10.2. The molecule has 3 rings (SSSR count). The number of hydrogen-bond donors (Lipinski definition) is 1. The molecule has 1 aromatic carbocycles. The smallest absolute Gasteiger partial charge is 0.261 e. The van der Waals surface area contributed by atoms with Crippen LogP contribution < -0.4 is 5.56 Å². The summed E-state index contributed by atoms with van der Waals surface area (Å²) >= 11 is 0. The van der Waals surface area contributed by atoms with Crippen LogP contribution in [0.5, 0.6) is 0 Å². The van der Waals surface area contributed by atoms with Crippen molar-refractivity contribution < 1.29 is 9.84 Å². The molecule has 1 aliphatic heterocycles. The van der Waals surface area contributed by atoms with Crippen LogP contribution in [0, 0.1) is 6.92 Å². The number of aromatic nitrogens is 2. The minimum atomic E-state index is -0.600. The van der Waals surface area contributed by atoms with Gasteiger partial charge in [-0.2, -0.15) is 0 Å². The number of β-amino-alcohol motifs (C(OH)–C–C–N with tert-alkyl or cyclic N) is 1. The summed E-state index contributed by atoms with van der Waals surface area (Å²) in [6, 6.07) is 7.30. The zero-order valence-corrected chi connectivity index (χ0v) is 12.7. The lowest BCUT2D eigenvalue weighted by molar-refractivity contribution is 0.0112. The first-order valence-corrected chi connectivity index (χ1v) is 7.59. The number of morpholine rings is 1. The molecule has 1 aromatic heterocycles. The van der Waals surface area contributed by atoms with Crippen LogP contribution >= 0.6 is 0 Å². The lowest BCUT2D eigenvalue weighted by Crippen LogP contribution is -2.43. The molecule has 1 N–H and O–H groups in total. The maximum absolute atomic E-state index is 12.6. The van der Waals surface area contributed by atoms with Gasteiger partial charge in [-0.25, -0.2) is 4.98 Å². The minimum Gasteiger partial charge on any atom is -0.390 e. The molecule has 0 saturated carbocycles. The van der Waals surface area contributed by atoms with Crippen molar-refractivity contribution in [2.24, 2.45) is 0 Å². The molecule has 1 unspecified atom stereocenters. The molecule has 0 bridgehead atoms. The second-order valence-electron chi connectivity index (χ2n) is 5.66. The predicted molar refractivity (Wildman–Crippen MR) is 84.0 cm³/mol. The fourth-order valence-corrected chi connectivity index (χ4v) is 2.84. The van der Waals surface area contributed by atoms with E-state index in [0.29, 0.717) is 36.5 Å². The summed E-state index contributed by atoms with van der Waals surface area (Å²) in [4.78, 5) is 19.2. The molecule has 118 valence electrons. The molecule has 1 aliphatic rings. The van der Waals surface area contributed by atoms with Crippen molar-refractivity contribution in [2.45, 2.75) is 19.6 Å². The first kappa shape index (κ1) is 15.1. The van der Waals surface area contributed by atoms with Crippen LogP contribution in [0.3, 0.4) is 0 Å². The van der Waals surface area contributed by atoms with E-state index in [2.05, 4.69) is 9.88 Å². The average molecular weight is 303 g/mol. The normalized spacial score (nSPS) is 17.7. The highest BCUT2D eigenvalue weighted by Crippen LogP contribution is 2.08. The molecule has 0 amide bonds. The van der Waals surface area contributed by atoms with Gasteiger partial charge in [-0.3, -0.25) is 14.3 Å². The number of aliphatic hydroxyl groups is 1. The van der Waals surface area contributed by atoms with E-state index in [1.54, 1.807) is 17.6 Å². The fraction of sp³-hybridized carbons (Fsp3) is 0.500. The van der Waals surface area contributed by atoms with Gasteiger partial charge >= 0.3 is 0 Å². The number of para-hydroxylation sites is 1. The second kappa shape index (κ2) is 6.56. The molecule has 0 spiro atoms. The Hall–Kier alpha value is -1.76. The van der Waals surface area contributed by atoms with E-state index in [4.69, 9.17) is 4.74 Å². The summed E-state index contributed by atoms with van der Waals surface area (Å²) in [5.41, 5.74) is 0.605. The molecule has 1 fully saturated rings. The van der Waals surface area contributed by atoms with Gasteiger partial charge in [0.15, 0.2) is 0 Å². The van der Waals surface area contributed by atoms with Gasteiger partial charge in [0, 0.05) is 19.6 Å². The van der Waals surface area contributed by atoms with E-state index in [1.165, 1.54) is 0 Å². The van der Waals surface area contributed by atoms with E-state index >= 15 is 0 Å². The van der Waals surface area contributed by atoms with Crippen LogP contribution in [0.4, 0.5) is 0 Å². The summed E-state index contributed by atoms with van der Waals surface area (Å²) < 4.78 is 6.86. The first-order valence-electron chi connectivity index (χ1n) is 7.59. The van der Waals surface area contributed by atoms with E-state index in [1.807, 2.05) is 18.2 Å². The number of fused-ring (bicyclic) bond motifs is 1. The maximum Gasteiger partial charge on any atom is 0.261 e. The van der Waals surface area contributed by atoms with Crippen LogP contribution in [0.15, 0.2) is 29.1 Å². The van der Waals surface area contributed by atoms with Gasteiger partial charge in [-0.1, -0.05) is 12.1 Å². The van der Waals surface area contributed by atoms with Crippen molar-refractivity contribution in [3.8, 4) is 0 Å². The van der Waals surface area contributed by atoms with Gasteiger partial charge in [0.1, 0.15) is 5.82 Å². The van der Waals surface area contributed by atoms with Crippen molar-refractivity contribution in [1.82, 2.24) is 14.5 Å². The summed E-state index contributed by atoms with van der Waals surface area (Å²) in [5, 5.41) is 10.9. The summed E-state index contributed by atoms with van der Waals surface area (Å²) in [6.07, 6.45) is -0.600. The molecule has 6 nitrogen and oxygen atoms in total. The number of aryl methyl sites for hydroxylation is 1. The summed E-state index contributed by atoms with van der Waals surface area (Å²) in [7, 11) is 0. The van der Waals surface area contributed by atoms with Gasteiger partial charge in [0.05, 0.1) is 36.8 Å². The largest absolute Gasteiger partial charge is 0.390 e. The third kappa shape index (κ3) is 3.19. The molecule has 1 saturated heterocycles. The Morgan fingerprint density at radius 2 is 2.00 bits per heavy atom. The van der Waals surface area contributed by atoms with Crippen LogP contribution in [-0.4, -0.2) is 58.5 Å². The van der Waals surface area contributed by atoms with E-state index in [-0.39, 0.29) is 12.1 Å². The molecule has 2 aromatic rings. The molecule has 1 atom stereocenters. The molecule has 0 aliphatic carbocycles. The Morgan fingerprint density at radius 3 is 2.77 bits per heavy atom. The highest BCUT2D eigenvalue weighted by molar-refractivity contribution is 5.77. The highest BCUT2D eigenvalue weighted by atomic mass is 16.5. The quantitative estimate of drug-likeness (QED) is 0.885. The van der Waals surface area contributed by atoms with Crippen LogP contribution in [-0.2, 0) is 11.3 Å². The molecule has 22 heavy (non-hydrogen) atoms. The number of aliphatic hydroxyl groups excluding tert-OH is 1. The zero-order chi connectivity index (χ0) is 15.5. The Kier molecular flexibility index (Phi) is 4.52. The van der Waals surface area contributed by atoms with Crippen molar-refractivity contribution in [3.05, 3.63) is 40.4 Å².